The number of aliphatic hydroxyl groups is 5. The van der Waals surface area contributed by atoms with Gasteiger partial charge in [0, 0.05) is 12.8 Å². The molecule has 0 spiro atoms. The lowest BCUT2D eigenvalue weighted by atomic mass is 9.85. The van der Waals surface area contributed by atoms with Gasteiger partial charge in [0.05, 0.1) is 6.61 Å². The van der Waals surface area contributed by atoms with Crippen molar-refractivity contribution in [2.45, 2.75) is 185 Å². The number of ether oxygens (including phenoxy) is 2. The summed E-state index contributed by atoms with van der Waals surface area (Å²) >= 11 is 0. The van der Waals surface area contributed by atoms with Gasteiger partial charge in [0.25, 0.3) is 0 Å². The van der Waals surface area contributed by atoms with Crippen molar-refractivity contribution in [3.8, 4) is 0 Å². The molecule has 51 heavy (non-hydrogen) atoms. The first kappa shape index (κ1) is 47.4. The maximum Gasteiger partial charge on any atom is 0.472 e. The lowest BCUT2D eigenvalue weighted by Gasteiger charge is -2.41. The van der Waals surface area contributed by atoms with Crippen LogP contribution >= 0.6 is 7.82 Å². The van der Waals surface area contributed by atoms with Crippen molar-refractivity contribution in [1.29, 1.82) is 0 Å². The molecule has 0 aromatic rings. The van der Waals surface area contributed by atoms with Crippen LogP contribution < -0.4 is 0 Å². The number of hydrogen-bond donors (Lipinski definition) is 6. The summed E-state index contributed by atoms with van der Waals surface area (Å²) in [6.45, 7) is 3.16. The molecule has 1 fully saturated rings. The number of esters is 2. The summed E-state index contributed by atoms with van der Waals surface area (Å²) in [5.74, 6) is -1.12. The number of aliphatic hydroxyl groups excluding tert-OH is 5. The Labute approximate surface area is 305 Å². The number of allylic oxidation sites excluding steroid dienone is 4. The van der Waals surface area contributed by atoms with Gasteiger partial charge in [-0.2, -0.15) is 0 Å². The minimum atomic E-state index is -5.10. The van der Waals surface area contributed by atoms with Gasteiger partial charge in [-0.15, -0.1) is 0 Å². The number of hydrogen-bond acceptors (Lipinski definition) is 12. The van der Waals surface area contributed by atoms with Crippen LogP contribution in [-0.2, 0) is 32.7 Å². The minimum absolute atomic E-state index is 0.0822. The molecule has 1 aliphatic carbocycles. The molecular weight excluding hydrogens is 683 g/mol. The largest absolute Gasteiger partial charge is 0.472 e. The van der Waals surface area contributed by atoms with Gasteiger partial charge >= 0.3 is 19.8 Å². The Kier molecular flexibility index (Phi) is 26.7. The molecule has 8 atom stereocenters. The number of phosphoric ester groups is 1. The lowest BCUT2D eigenvalue weighted by molar-refractivity contribution is -0.220. The van der Waals surface area contributed by atoms with Crippen LogP contribution in [0.15, 0.2) is 24.3 Å². The average Bonchev–Trinajstić information content (AvgIpc) is 3.10. The van der Waals surface area contributed by atoms with Gasteiger partial charge < -0.3 is 39.9 Å². The Balaban J connectivity index is 2.54. The number of phosphoric acid groups is 1. The Morgan fingerprint density at radius 1 is 0.608 bits per heavy atom. The molecule has 0 amide bonds. The SMILES string of the molecule is CCCCC/C=C/C/C=C/CCCCCCCC(=O)O[C@H](COC(=O)CCCCCCCCC)COP(=O)(O)OC1C(O)C(O)C(O)[C@@H](O)C1O. The zero-order valence-electron chi connectivity index (χ0n) is 30.9. The summed E-state index contributed by atoms with van der Waals surface area (Å²) in [6.07, 6.45) is 14.2. The van der Waals surface area contributed by atoms with Crippen LogP contribution in [0.3, 0.4) is 0 Å². The van der Waals surface area contributed by atoms with Crippen LogP contribution in [-0.4, -0.2) is 98.3 Å². The topological polar surface area (TPSA) is 210 Å². The molecule has 0 bridgehead atoms. The number of unbranched alkanes of at least 4 members (excludes halogenated alkanes) is 14. The second kappa shape index (κ2) is 28.8. The summed E-state index contributed by atoms with van der Waals surface area (Å²) < 4.78 is 33.2. The third-order valence-electron chi connectivity index (χ3n) is 8.80. The Morgan fingerprint density at radius 3 is 1.63 bits per heavy atom. The molecule has 298 valence electrons. The van der Waals surface area contributed by atoms with E-state index in [0.717, 1.165) is 77.0 Å². The van der Waals surface area contributed by atoms with Gasteiger partial charge in [0.15, 0.2) is 6.10 Å². The van der Waals surface area contributed by atoms with Gasteiger partial charge in [0.1, 0.15) is 43.2 Å². The van der Waals surface area contributed by atoms with E-state index >= 15 is 0 Å². The first-order valence-corrected chi connectivity index (χ1v) is 20.6. The van der Waals surface area contributed by atoms with Gasteiger partial charge in [-0.25, -0.2) is 4.57 Å². The van der Waals surface area contributed by atoms with Crippen LogP contribution in [0.4, 0.5) is 0 Å². The second-order valence-electron chi connectivity index (χ2n) is 13.4. The Bertz CT molecular complexity index is 1010. The molecule has 6 N–H and O–H groups in total. The fourth-order valence-electron chi connectivity index (χ4n) is 5.61. The van der Waals surface area contributed by atoms with Crippen LogP contribution in [0.1, 0.15) is 142 Å². The zero-order valence-corrected chi connectivity index (χ0v) is 31.8. The smallest absolute Gasteiger partial charge is 0.462 e. The summed E-state index contributed by atoms with van der Waals surface area (Å²) in [7, 11) is -5.10. The van der Waals surface area contributed by atoms with Crippen LogP contribution in [0.5, 0.6) is 0 Å². The zero-order chi connectivity index (χ0) is 37.9. The van der Waals surface area contributed by atoms with Crippen LogP contribution in [0.2, 0.25) is 0 Å². The lowest BCUT2D eigenvalue weighted by Crippen LogP contribution is -2.64. The third kappa shape index (κ3) is 22.2. The molecule has 13 nitrogen and oxygen atoms in total. The van der Waals surface area contributed by atoms with E-state index in [0.29, 0.717) is 12.8 Å². The van der Waals surface area contributed by atoms with Crippen LogP contribution in [0, 0.1) is 0 Å². The number of carbonyl (C=O) groups excluding carboxylic acids is 2. The van der Waals surface area contributed by atoms with E-state index in [-0.39, 0.29) is 12.8 Å². The fraction of sp³-hybridized carbons (Fsp3) is 0.838. The molecular formula is C37H67O13P. The molecule has 1 rings (SSSR count). The normalized spacial score (nSPS) is 24.2. The highest BCUT2D eigenvalue weighted by atomic mass is 31.2. The first-order valence-electron chi connectivity index (χ1n) is 19.1. The molecule has 0 radical (unpaired) electrons. The monoisotopic (exact) mass is 750 g/mol. The molecule has 1 aliphatic rings. The highest BCUT2D eigenvalue weighted by molar-refractivity contribution is 7.47. The van der Waals surface area contributed by atoms with Gasteiger partial charge in [0.2, 0.25) is 0 Å². The predicted octanol–water partition coefficient (Wildman–Crippen LogP) is 5.72. The van der Waals surface area contributed by atoms with E-state index in [1.54, 1.807) is 0 Å². The van der Waals surface area contributed by atoms with E-state index in [2.05, 4.69) is 38.2 Å². The third-order valence-corrected chi connectivity index (χ3v) is 9.78. The summed E-state index contributed by atoms with van der Waals surface area (Å²) in [6, 6.07) is 0. The fourth-order valence-corrected chi connectivity index (χ4v) is 6.58. The highest BCUT2D eigenvalue weighted by Crippen LogP contribution is 2.47. The van der Waals surface area contributed by atoms with Crippen molar-refractivity contribution in [3.63, 3.8) is 0 Å². The predicted molar refractivity (Wildman–Crippen MR) is 193 cm³/mol. The van der Waals surface area contributed by atoms with Crippen molar-refractivity contribution in [2.75, 3.05) is 13.2 Å². The van der Waals surface area contributed by atoms with E-state index in [9.17, 15) is 44.6 Å². The standard InChI is InChI=1S/C37H67O13P/c1-3-5-7-9-11-12-13-14-15-16-17-18-20-22-24-26-31(39)49-29(27-47-30(38)25-23-21-19-10-8-6-4-2)28-48-51(45,46)50-37-35(43)33(41)32(40)34(42)36(37)44/h11-12,14-15,29,32-37,40-44H,3-10,13,16-28H2,1-2H3,(H,45,46)/b12-11+,15-14+/t29-,32?,33-,34?,35?,36?,37?/m1/s1. The van der Waals surface area contributed by atoms with Gasteiger partial charge in [-0.05, 0) is 44.9 Å². The van der Waals surface area contributed by atoms with E-state index in [4.69, 9.17) is 18.5 Å². The van der Waals surface area contributed by atoms with Crippen molar-refractivity contribution < 1.29 is 63.1 Å². The van der Waals surface area contributed by atoms with E-state index < -0.39 is 75.7 Å². The van der Waals surface area contributed by atoms with Gasteiger partial charge in [-0.1, -0.05) is 109 Å². The van der Waals surface area contributed by atoms with E-state index in [1.807, 2.05) is 0 Å². The number of rotatable bonds is 30. The molecule has 6 unspecified atom stereocenters. The quantitative estimate of drug-likeness (QED) is 0.0225. The van der Waals surface area contributed by atoms with Crippen LogP contribution in [0.25, 0.3) is 0 Å². The summed E-state index contributed by atoms with van der Waals surface area (Å²) in [5, 5.41) is 49.8. The molecule has 1 saturated carbocycles. The number of carbonyl (C=O) groups is 2. The Morgan fingerprint density at radius 2 is 1.06 bits per heavy atom. The van der Waals surface area contributed by atoms with E-state index in [1.165, 1.54) is 25.7 Å². The average molecular weight is 751 g/mol. The molecule has 0 heterocycles. The van der Waals surface area contributed by atoms with Crippen molar-refractivity contribution in [1.82, 2.24) is 0 Å². The molecule has 0 aliphatic heterocycles. The maximum atomic E-state index is 12.7. The molecule has 0 aromatic carbocycles. The van der Waals surface area contributed by atoms with Crippen molar-refractivity contribution in [2.24, 2.45) is 0 Å². The Hall–Kier alpha value is -1.67. The highest BCUT2D eigenvalue weighted by Gasteiger charge is 2.51. The summed E-state index contributed by atoms with van der Waals surface area (Å²) in [5.41, 5.74) is 0. The second-order valence-corrected chi connectivity index (χ2v) is 14.8. The molecule has 0 saturated heterocycles. The molecule has 14 heteroatoms. The first-order chi connectivity index (χ1) is 24.4. The maximum absolute atomic E-state index is 12.7. The van der Waals surface area contributed by atoms with Crippen molar-refractivity contribution >= 4 is 19.8 Å². The summed E-state index contributed by atoms with van der Waals surface area (Å²) in [4.78, 5) is 35.3. The van der Waals surface area contributed by atoms with Gasteiger partial charge in [-0.3, -0.25) is 18.6 Å². The molecule has 0 aromatic heterocycles. The van der Waals surface area contributed by atoms with Crippen molar-refractivity contribution in [3.05, 3.63) is 24.3 Å². The minimum Gasteiger partial charge on any atom is -0.462 e.